The number of hydrogen-bond donors (Lipinski definition) is 1. The molecule has 0 saturated carbocycles. The average Bonchev–Trinajstić information content (AvgIpc) is 2.99. The lowest BCUT2D eigenvalue weighted by Crippen LogP contribution is -2.39. The summed E-state index contributed by atoms with van der Waals surface area (Å²) in [5, 5.41) is 9.45. The van der Waals surface area contributed by atoms with E-state index in [0.29, 0.717) is 5.75 Å². The molecule has 2 aliphatic rings. The van der Waals surface area contributed by atoms with Crippen molar-refractivity contribution in [2.24, 2.45) is 11.3 Å². The Labute approximate surface area is 163 Å². The number of allylic oxidation sites excluding steroid dienone is 2. The van der Waals surface area contributed by atoms with Crippen LogP contribution in [0.3, 0.4) is 0 Å². The van der Waals surface area contributed by atoms with Gasteiger partial charge in [-0.25, -0.2) is 4.39 Å². The Balaban J connectivity index is 2.05. The van der Waals surface area contributed by atoms with E-state index in [1.165, 1.54) is 23.9 Å². The Hall–Kier alpha value is -2.08. The summed E-state index contributed by atoms with van der Waals surface area (Å²) >= 11 is 1.50. The van der Waals surface area contributed by atoms with E-state index in [4.69, 9.17) is 0 Å². The van der Waals surface area contributed by atoms with Gasteiger partial charge in [-0.2, -0.15) is 0 Å². The van der Waals surface area contributed by atoms with E-state index in [-0.39, 0.29) is 17.1 Å². The molecule has 0 spiro atoms. The van der Waals surface area contributed by atoms with Gasteiger partial charge in [-0.15, -0.1) is 11.8 Å². The fourth-order valence-electron chi connectivity index (χ4n) is 4.09. The van der Waals surface area contributed by atoms with Crippen LogP contribution in [0.25, 0.3) is 0 Å². The van der Waals surface area contributed by atoms with E-state index in [1.54, 1.807) is 29.2 Å². The molecule has 1 aromatic rings. The van der Waals surface area contributed by atoms with Crippen molar-refractivity contribution in [1.29, 1.82) is 0 Å². The van der Waals surface area contributed by atoms with Crippen molar-refractivity contribution in [2.75, 3.05) is 5.75 Å². The minimum absolute atomic E-state index is 0.0130. The molecular weight excluding hydrogens is 365 g/mol. The van der Waals surface area contributed by atoms with E-state index in [2.05, 4.69) is 0 Å². The number of carboxylic acids is 1. The molecular formula is C21H24FNO3S. The van der Waals surface area contributed by atoms with Crippen molar-refractivity contribution in [2.45, 2.75) is 39.0 Å². The molecule has 1 saturated heterocycles. The fraction of sp³-hybridized carbons (Fsp3) is 0.429. The van der Waals surface area contributed by atoms with E-state index in [0.717, 1.165) is 29.7 Å². The first-order chi connectivity index (χ1) is 12.8. The van der Waals surface area contributed by atoms with Gasteiger partial charge in [0.15, 0.2) is 0 Å². The minimum atomic E-state index is -0.849. The number of amides is 1. The number of halogens is 1. The Bertz CT molecular complexity index is 817. The second-order valence-electron chi connectivity index (χ2n) is 7.33. The standard InChI is InChI=1S/C21H24FNO3S/c1-4-11-21(3)13(2)17(10-9-16(21)20(25)26)23-18(24)12-27-19(23)14-5-7-15(22)8-6-14/h5-10,16,19H,4,11-12H2,1-3H3,(H,25,26). The molecule has 3 rings (SSSR count). The second-order valence-corrected chi connectivity index (χ2v) is 8.40. The molecule has 0 radical (unpaired) electrons. The minimum Gasteiger partial charge on any atom is -0.481 e. The number of benzene rings is 1. The van der Waals surface area contributed by atoms with Gasteiger partial charge in [-0.1, -0.05) is 38.5 Å². The molecule has 1 aliphatic carbocycles. The molecule has 27 heavy (non-hydrogen) atoms. The number of thioether (sulfide) groups is 1. The van der Waals surface area contributed by atoms with E-state index < -0.39 is 17.3 Å². The van der Waals surface area contributed by atoms with Gasteiger partial charge in [-0.3, -0.25) is 14.5 Å². The molecule has 1 fully saturated rings. The Morgan fingerprint density at radius 1 is 1.37 bits per heavy atom. The second kappa shape index (κ2) is 7.50. The van der Waals surface area contributed by atoms with Gasteiger partial charge in [0, 0.05) is 11.1 Å². The lowest BCUT2D eigenvalue weighted by atomic mass is 9.66. The summed E-state index contributed by atoms with van der Waals surface area (Å²) in [6.07, 6.45) is 5.05. The van der Waals surface area contributed by atoms with Crippen molar-refractivity contribution < 1.29 is 19.1 Å². The maximum Gasteiger partial charge on any atom is 0.311 e. The molecule has 0 aromatic heterocycles. The summed E-state index contributed by atoms with van der Waals surface area (Å²) in [5.41, 5.74) is 2.00. The molecule has 1 N–H and O–H groups in total. The summed E-state index contributed by atoms with van der Waals surface area (Å²) in [7, 11) is 0. The number of rotatable bonds is 5. The molecule has 3 unspecified atom stereocenters. The first-order valence-corrected chi connectivity index (χ1v) is 10.2. The van der Waals surface area contributed by atoms with Crippen molar-refractivity contribution in [1.82, 2.24) is 4.90 Å². The van der Waals surface area contributed by atoms with Crippen molar-refractivity contribution in [3.8, 4) is 0 Å². The van der Waals surface area contributed by atoms with Gasteiger partial charge < -0.3 is 5.11 Å². The molecule has 1 heterocycles. The van der Waals surface area contributed by atoms with Crippen LogP contribution in [0.1, 0.15) is 44.6 Å². The number of carbonyl (C=O) groups excluding carboxylic acids is 1. The van der Waals surface area contributed by atoms with Crippen LogP contribution < -0.4 is 0 Å². The van der Waals surface area contributed by atoms with Crippen LogP contribution in [-0.4, -0.2) is 27.6 Å². The lowest BCUT2D eigenvalue weighted by molar-refractivity contribution is -0.143. The molecule has 0 bridgehead atoms. The molecule has 1 amide bonds. The predicted octanol–water partition coefficient (Wildman–Crippen LogP) is 4.75. The van der Waals surface area contributed by atoms with E-state index in [9.17, 15) is 19.1 Å². The molecule has 6 heteroatoms. The van der Waals surface area contributed by atoms with Crippen LogP contribution in [0.15, 0.2) is 47.7 Å². The van der Waals surface area contributed by atoms with Gasteiger partial charge in [0.1, 0.15) is 11.2 Å². The van der Waals surface area contributed by atoms with Crippen molar-refractivity contribution in [3.63, 3.8) is 0 Å². The zero-order valence-corrected chi connectivity index (χ0v) is 16.6. The summed E-state index contributed by atoms with van der Waals surface area (Å²) in [6, 6.07) is 6.20. The Morgan fingerprint density at radius 2 is 2.04 bits per heavy atom. The smallest absolute Gasteiger partial charge is 0.311 e. The highest BCUT2D eigenvalue weighted by Gasteiger charge is 2.45. The van der Waals surface area contributed by atoms with Crippen LogP contribution in [0.5, 0.6) is 0 Å². The number of carbonyl (C=O) groups is 2. The lowest BCUT2D eigenvalue weighted by Gasteiger charge is -2.41. The summed E-state index contributed by atoms with van der Waals surface area (Å²) in [5.74, 6) is -1.44. The third kappa shape index (κ3) is 3.43. The number of aliphatic carboxylic acids is 1. The molecule has 144 valence electrons. The van der Waals surface area contributed by atoms with Gasteiger partial charge in [0.05, 0.1) is 11.7 Å². The SMILES string of the molecule is CCCC1(C)C(C)=C(N2C(=O)CSC2c2ccc(F)cc2)C=CC1C(=O)O. The van der Waals surface area contributed by atoms with Crippen LogP contribution in [0.4, 0.5) is 4.39 Å². The highest BCUT2D eigenvalue weighted by atomic mass is 32.2. The molecule has 3 atom stereocenters. The normalized spacial score (nSPS) is 28.1. The van der Waals surface area contributed by atoms with Gasteiger partial charge >= 0.3 is 5.97 Å². The van der Waals surface area contributed by atoms with Gasteiger partial charge in [-0.05, 0) is 42.7 Å². The first kappa shape index (κ1) is 19.7. The van der Waals surface area contributed by atoms with Crippen molar-refractivity contribution >= 4 is 23.6 Å². The zero-order chi connectivity index (χ0) is 19.8. The number of hydrogen-bond acceptors (Lipinski definition) is 3. The summed E-state index contributed by atoms with van der Waals surface area (Å²) in [4.78, 5) is 26.3. The highest BCUT2D eigenvalue weighted by molar-refractivity contribution is 8.00. The number of nitrogens with zero attached hydrogens (tertiary/aromatic N) is 1. The molecule has 4 nitrogen and oxygen atoms in total. The Morgan fingerprint density at radius 3 is 2.63 bits per heavy atom. The zero-order valence-electron chi connectivity index (χ0n) is 15.7. The monoisotopic (exact) mass is 389 g/mol. The maximum atomic E-state index is 13.3. The van der Waals surface area contributed by atoms with Crippen molar-refractivity contribution in [3.05, 3.63) is 59.1 Å². The average molecular weight is 389 g/mol. The van der Waals surface area contributed by atoms with Crippen LogP contribution in [-0.2, 0) is 9.59 Å². The third-order valence-corrected chi connectivity index (χ3v) is 6.90. The Kier molecular flexibility index (Phi) is 5.47. The quantitative estimate of drug-likeness (QED) is 0.789. The van der Waals surface area contributed by atoms with Crippen LogP contribution >= 0.6 is 11.8 Å². The van der Waals surface area contributed by atoms with Crippen LogP contribution in [0, 0.1) is 17.2 Å². The van der Waals surface area contributed by atoms with E-state index >= 15 is 0 Å². The topological polar surface area (TPSA) is 57.6 Å². The first-order valence-electron chi connectivity index (χ1n) is 9.11. The third-order valence-electron chi connectivity index (χ3n) is 5.69. The van der Waals surface area contributed by atoms with Gasteiger partial charge in [0.25, 0.3) is 0 Å². The number of carboxylic acid groups (broad SMARTS) is 1. The molecule has 1 aliphatic heterocycles. The predicted molar refractivity (Wildman–Crippen MR) is 104 cm³/mol. The molecule has 1 aromatic carbocycles. The largest absolute Gasteiger partial charge is 0.481 e. The fourth-order valence-corrected chi connectivity index (χ4v) is 5.26. The summed E-state index contributed by atoms with van der Waals surface area (Å²) in [6.45, 7) is 5.94. The van der Waals surface area contributed by atoms with Crippen LogP contribution in [0.2, 0.25) is 0 Å². The van der Waals surface area contributed by atoms with E-state index in [1.807, 2.05) is 20.8 Å². The maximum absolute atomic E-state index is 13.3. The van der Waals surface area contributed by atoms with Gasteiger partial charge in [0.2, 0.25) is 5.91 Å². The highest BCUT2D eigenvalue weighted by Crippen LogP contribution is 2.49. The summed E-state index contributed by atoms with van der Waals surface area (Å²) < 4.78 is 13.3.